The Labute approximate surface area is 130 Å². The molecule has 118 valence electrons. The van der Waals surface area contributed by atoms with Gasteiger partial charge < -0.3 is 9.64 Å². The zero-order valence-corrected chi connectivity index (χ0v) is 13.2. The average Bonchev–Trinajstić information content (AvgIpc) is 2.94. The van der Waals surface area contributed by atoms with Crippen molar-refractivity contribution in [2.24, 2.45) is 0 Å². The fourth-order valence-corrected chi connectivity index (χ4v) is 2.49. The minimum absolute atomic E-state index is 0.203. The van der Waals surface area contributed by atoms with E-state index in [0.29, 0.717) is 24.1 Å². The van der Waals surface area contributed by atoms with Crippen molar-refractivity contribution in [3.63, 3.8) is 0 Å². The molecular weight excluding hydrogens is 282 g/mol. The van der Waals surface area contributed by atoms with E-state index in [2.05, 4.69) is 0 Å². The monoisotopic (exact) mass is 303 g/mol. The number of carbonyl (C=O) groups is 3. The Morgan fingerprint density at radius 1 is 1.23 bits per heavy atom. The number of nitrogens with zero attached hydrogens (tertiary/aromatic N) is 1. The molecule has 2 rings (SSSR count). The Balaban J connectivity index is 2.13. The van der Waals surface area contributed by atoms with Gasteiger partial charge in [0.15, 0.2) is 0 Å². The standard InChI is InChI=1S/C17H21NO4/c1-17(2,3)22-16(21)14-5-4-10-18(14)15(20)13-8-6-12(11-19)7-9-13/h6-9,11,14H,4-5,10H2,1-3H3/t14-/m1/s1. The zero-order chi connectivity index (χ0) is 16.3. The van der Waals surface area contributed by atoms with Gasteiger partial charge in [-0.1, -0.05) is 12.1 Å². The molecular formula is C17H21NO4. The SMILES string of the molecule is CC(C)(C)OC(=O)[C@H]1CCCN1C(=O)c1ccc(C=O)cc1. The van der Waals surface area contributed by atoms with Crippen molar-refractivity contribution in [3.05, 3.63) is 35.4 Å². The van der Waals surface area contributed by atoms with Crippen molar-refractivity contribution in [1.82, 2.24) is 4.90 Å². The summed E-state index contributed by atoms with van der Waals surface area (Å²) in [5, 5.41) is 0. The molecule has 5 nitrogen and oxygen atoms in total. The predicted molar refractivity (Wildman–Crippen MR) is 81.7 cm³/mol. The molecule has 0 saturated carbocycles. The van der Waals surface area contributed by atoms with Gasteiger partial charge in [-0.05, 0) is 45.7 Å². The predicted octanol–water partition coefficient (Wildman–Crippen LogP) is 2.45. The highest BCUT2D eigenvalue weighted by molar-refractivity contribution is 5.97. The minimum atomic E-state index is -0.569. The molecule has 0 unspecified atom stereocenters. The summed E-state index contributed by atoms with van der Waals surface area (Å²) in [6.07, 6.45) is 2.13. The van der Waals surface area contributed by atoms with E-state index in [1.54, 1.807) is 29.2 Å². The molecule has 22 heavy (non-hydrogen) atoms. The lowest BCUT2D eigenvalue weighted by Crippen LogP contribution is -2.43. The molecule has 0 aromatic heterocycles. The van der Waals surface area contributed by atoms with E-state index < -0.39 is 11.6 Å². The van der Waals surface area contributed by atoms with Crippen molar-refractivity contribution >= 4 is 18.2 Å². The molecule has 1 atom stereocenters. The fourth-order valence-electron chi connectivity index (χ4n) is 2.49. The van der Waals surface area contributed by atoms with Crippen molar-refractivity contribution in [1.29, 1.82) is 0 Å². The van der Waals surface area contributed by atoms with Gasteiger partial charge in [-0.15, -0.1) is 0 Å². The lowest BCUT2D eigenvalue weighted by molar-refractivity contribution is -0.159. The Hall–Kier alpha value is -2.17. The Morgan fingerprint density at radius 3 is 2.41 bits per heavy atom. The molecule has 0 aliphatic carbocycles. The minimum Gasteiger partial charge on any atom is -0.458 e. The van der Waals surface area contributed by atoms with Gasteiger partial charge in [0.25, 0.3) is 5.91 Å². The van der Waals surface area contributed by atoms with Crippen molar-refractivity contribution in [2.45, 2.75) is 45.3 Å². The van der Waals surface area contributed by atoms with Crippen LogP contribution in [0.4, 0.5) is 0 Å². The van der Waals surface area contributed by atoms with E-state index in [0.717, 1.165) is 12.7 Å². The van der Waals surface area contributed by atoms with Crippen LogP contribution in [0.3, 0.4) is 0 Å². The Kier molecular flexibility index (Phi) is 4.64. The van der Waals surface area contributed by atoms with E-state index in [4.69, 9.17) is 4.74 Å². The van der Waals surface area contributed by atoms with Gasteiger partial charge in [0.2, 0.25) is 0 Å². The van der Waals surface area contributed by atoms with E-state index in [9.17, 15) is 14.4 Å². The molecule has 0 radical (unpaired) electrons. The van der Waals surface area contributed by atoms with Crippen molar-refractivity contribution in [2.75, 3.05) is 6.54 Å². The number of aldehydes is 1. The summed E-state index contributed by atoms with van der Waals surface area (Å²) in [6, 6.07) is 5.88. The summed E-state index contributed by atoms with van der Waals surface area (Å²) in [4.78, 5) is 37.0. The number of hydrogen-bond donors (Lipinski definition) is 0. The second kappa shape index (κ2) is 6.30. The molecule has 1 aliphatic heterocycles. The normalized spacial score (nSPS) is 18.1. The van der Waals surface area contributed by atoms with Gasteiger partial charge in [-0.3, -0.25) is 9.59 Å². The molecule has 1 aromatic carbocycles. The van der Waals surface area contributed by atoms with Gasteiger partial charge in [0.05, 0.1) is 0 Å². The van der Waals surface area contributed by atoms with Gasteiger partial charge in [0.1, 0.15) is 17.9 Å². The molecule has 5 heteroatoms. The Bertz CT molecular complexity index is 571. The first kappa shape index (κ1) is 16.2. The quantitative estimate of drug-likeness (QED) is 0.635. The fraction of sp³-hybridized carbons (Fsp3) is 0.471. The van der Waals surface area contributed by atoms with E-state index >= 15 is 0 Å². The lowest BCUT2D eigenvalue weighted by atomic mass is 10.1. The molecule has 0 N–H and O–H groups in total. The highest BCUT2D eigenvalue weighted by Crippen LogP contribution is 2.23. The number of amides is 1. The summed E-state index contributed by atoms with van der Waals surface area (Å²) in [7, 11) is 0. The molecule has 1 amide bonds. The summed E-state index contributed by atoms with van der Waals surface area (Å²) >= 11 is 0. The highest BCUT2D eigenvalue weighted by atomic mass is 16.6. The molecule has 1 aromatic rings. The summed E-state index contributed by atoms with van der Waals surface area (Å²) in [5.41, 5.74) is 0.419. The molecule has 1 fully saturated rings. The highest BCUT2D eigenvalue weighted by Gasteiger charge is 2.37. The average molecular weight is 303 g/mol. The van der Waals surface area contributed by atoms with Gasteiger partial charge in [-0.2, -0.15) is 0 Å². The van der Waals surface area contributed by atoms with E-state index in [1.807, 2.05) is 20.8 Å². The van der Waals surface area contributed by atoms with Crippen LogP contribution in [0.25, 0.3) is 0 Å². The van der Waals surface area contributed by atoms with Crippen LogP contribution in [-0.2, 0) is 9.53 Å². The number of esters is 1. The number of ether oxygens (including phenoxy) is 1. The number of likely N-dealkylation sites (tertiary alicyclic amines) is 1. The van der Waals surface area contributed by atoms with Crippen LogP contribution < -0.4 is 0 Å². The second-order valence-electron chi connectivity index (χ2n) is 6.43. The van der Waals surface area contributed by atoms with Crippen LogP contribution in [0.2, 0.25) is 0 Å². The second-order valence-corrected chi connectivity index (χ2v) is 6.43. The molecule has 1 aliphatic rings. The molecule has 0 spiro atoms. The van der Waals surface area contributed by atoms with Crippen LogP contribution in [0.15, 0.2) is 24.3 Å². The smallest absolute Gasteiger partial charge is 0.329 e. The van der Waals surface area contributed by atoms with Crippen molar-refractivity contribution < 1.29 is 19.1 Å². The first-order valence-corrected chi connectivity index (χ1v) is 7.41. The largest absolute Gasteiger partial charge is 0.458 e. The summed E-state index contributed by atoms with van der Waals surface area (Å²) < 4.78 is 5.40. The third kappa shape index (κ3) is 3.72. The lowest BCUT2D eigenvalue weighted by Gasteiger charge is -2.27. The van der Waals surface area contributed by atoms with E-state index in [1.165, 1.54) is 0 Å². The number of hydrogen-bond acceptors (Lipinski definition) is 4. The van der Waals surface area contributed by atoms with E-state index in [-0.39, 0.29) is 11.9 Å². The molecule has 0 bridgehead atoms. The maximum Gasteiger partial charge on any atom is 0.329 e. The summed E-state index contributed by atoms with van der Waals surface area (Å²) in [6.45, 7) is 5.97. The summed E-state index contributed by atoms with van der Waals surface area (Å²) in [5.74, 6) is -0.561. The van der Waals surface area contributed by atoms with Crippen LogP contribution in [0.5, 0.6) is 0 Å². The van der Waals surface area contributed by atoms with Gasteiger partial charge in [-0.25, -0.2) is 4.79 Å². The van der Waals surface area contributed by atoms with Crippen LogP contribution in [-0.4, -0.2) is 41.3 Å². The number of benzene rings is 1. The first-order valence-electron chi connectivity index (χ1n) is 7.41. The Morgan fingerprint density at radius 2 is 1.86 bits per heavy atom. The maximum absolute atomic E-state index is 12.6. The third-order valence-corrected chi connectivity index (χ3v) is 3.49. The topological polar surface area (TPSA) is 63.7 Å². The van der Waals surface area contributed by atoms with Gasteiger partial charge >= 0.3 is 5.97 Å². The number of rotatable bonds is 3. The van der Waals surface area contributed by atoms with Gasteiger partial charge in [0, 0.05) is 17.7 Å². The van der Waals surface area contributed by atoms with Crippen LogP contribution in [0, 0.1) is 0 Å². The van der Waals surface area contributed by atoms with Crippen molar-refractivity contribution in [3.8, 4) is 0 Å². The first-order chi connectivity index (χ1) is 10.3. The molecule has 1 heterocycles. The number of carbonyl (C=O) groups excluding carboxylic acids is 3. The molecule has 1 saturated heterocycles. The van der Waals surface area contributed by atoms with Crippen LogP contribution >= 0.6 is 0 Å². The zero-order valence-electron chi connectivity index (χ0n) is 13.2. The third-order valence-electron chi connectivity index (χ3n) is 3.49. The maximum atomic E-state index is 12.6. The van der Waals surface area contributed by atoms with Crippen LogP contribution in [0.1, 0.15) is 54.3 Å².